The number of aliphatic hydroxyl groups is 1. The van der Waals surface area contributed by atoms with Gasteiger partial charge in [-0.15, -0.1) is 0 Å². The summed E-state index contributed by atoms with van der Waals surface area (Å²) >= 11 is 9.30. The second-order valence-electron chi connectivity index (χ2n) is 8.56. The summed E-state index contributed by atoms with van der Waals surface area (Å²) in [6.07, 6.45) is 2.38. The first-order valence-electron chi connectivity index (χ1n) is 10.0. The van der Waals surface area contributed by atoms with Crippen molar-refractivity contribution in [3.8, 4) is 0 Å². The van der Waals surface area contributed by atoms with Gasteiger partial charge < -0.3 is 10.4 Å². The lowest BCUT2D eigenvalue weighted by atomic mass is 9.76. The number of nitrogens with one attached hydrogen (secondary N) is 1. The molecule has 2 fully saturated rings. The molecule has 2 N–H and O–H groups in total. The minimum absolute atomic E-state index is 0.0609. The van der Waals surface area contributed by atoms with Gasteiger partial charge in [0, 0.05) is 11.3 Å². The Morgan fingerprint density at radius 3 is 2.45 bits per heavy atom. The molecule has 31 heavy (non-hydrogen) atoms. The Kier molecular flexibility index (Phi) is 5.96. The Bertz CT molecular complexity index is 1140. The second kappa shape index (κ2) is 8.14. The van der Waals surface area contributed by atoms with Gasteiger partial charge in [0.1, 0.15) is 5.82 Å². The second-order valence-corrected chi connectivity index (χ2v) is 12.0. The van der Waals surface area contributed by atoms with Gasteiger partial charge in [0.05, 0.1) is 25.2 Å². The predicted molar refractivity (Wildman–Crippen MR) is 121 cm³/mol. The predicted octanol–water partition coefficient (Wildman–Crippen LogP) is 5.21. The first-order valence-corrected chi connectivity index (χ1v) is 12.7. The Hall–Kier alpha value is -1.48. The van der Waals surface area contributed by atoms with Crippen LogP contribution in [0.4, 0.5) is 10.1 Å². The third-order valence-corrected chi connectivity index (χ3v) is 9.99. The maximum absolute atomic E-state index is 13.4. The van der Waals surface area contributed by atoms with Crippen molar-refractivity contribution in [2.24, 2.45) is 11.8 Å². The molecule has 4 rings (SSSR count). The number of amides is 1. The van der Waals surface area contributed by atoms with Crippen LogP contribution in [0.15, 0.2) is 45.8 Å². The van der Waals surface area contributed by atoms with E-state index in [1.54, 1.807) is 6.92 Å². The number of hydrogen-bond donors (Lipinski definition) is 2. The molecule has 1 amide bonds. The van der Waals surface area contributed by atoms with Crippen LogP contribution >= 0.6 is 27.5 Å². The van der Waals surface area contributed by atoms with E-state index < -0.39 is 32.4 Å². The van der Waals surface area contributed by atoms with Crippen LogP contribution in [0.5, 0.6) is 0 Å². The molecule has 0 spiro atoms. The number of carbonyl (C=O) groups is 1. The van der Waals surface area contributed by atoms with Crippen molar-refractivity contribution in [1.29, 1.82) is 0 Å². The van der Waals surface area contributed by atoms with Gasteiger partial charge in [-0.05, 0) is 96.8 Å². The van der Waals surface area contributed by atoms with Crippen LogP contribution in [0.1, 0.15) is 43.0 Å². The maximum atomic E-state index is 13.4. The summed E-state index contributed by atoms with van der Waals surface area (Å²) in [5.41, 5.74) is -0.334. The Balaban J connectivity index is 1.60. The summed E-state index contributed by atoms with van der Waals surface area (Å²) in [5.74, 6) is -1.11. The summed E-state index contributed by atoms with van der Waals surface area (Å²) in [4.78, 5) is 12.6. The van der Waals surface area contributed by atoms with Gasteiger partial charge in [0.15, 0.2) is 9.84 Å². The normalized spacial score (nSPS) is 27.8. The van der Waals surface area contributed by atoms with Gasteiger partial charge in [-0.3, -0.25) is 4.79 Å². The van der Waals surface area contributed by atoms with Gasteiger partial charge in [-0.25, -0.2) is 12.8 Å². The number of sulfone groups is 1. The van der Waals surface area contributed by atoms with Crippen LogP contribution in [-0.2, 0) is 9.84 Å². The minimum atomic E-state index is -3.79. The zero-order valence-electron chi connectivity index (χ0n) is 16.7. The lowest BCUT2D eigenvalue weighted by molar-refractivity contribution is -0.0413. The van der Waals surface area contributed by atoms with E-state index in [9.17, 15) is 22.7 Å². The summed E-state index contributed by atoms with van der Waals surface area (Å²) in [6, 6.07) is 8.19. The molecule has 0 radical (unpaired) electrons. The third kappa shape index (κ3) is 4.15. The molecular weight excluding hydrogens is 509 g/mol. The average Bonchev–Trinajstić information content (AvgIpc) is 2.87. The molecule has 3 unspecified atom stereocenters. The SMILES string of the molecule is CC1(O)C2CC[C@@H]1CC(S(=O)(=O)c1cc(C(=O)Nc3ccc(F)c(Br)c3)ccc1Cl)C2. The molecule has 0 aromatic heterocycles. The summed E-state index contributed by atoms with van der Waals surface area (Å²) in [6.45, 7) is 1.80. The topological polar surface area (TPSA) is 83.5 Å². The highest BCUT2D eigenvalue weighted by Gasteiger charge is 2.53. The number of anilines is 1. The van der Waals surface area contributed by atoms with Gasteiger partial charge in [-0.1, -0.05) is 11.6 Å². The van der Waals surface area contributed by atoms with E-state index in [-0.39, 0.29) is 31.8 Å². The number of halogens is 3. The molecular formula is C22H22BrClFNO4S. The van der Waals surface area contributed by atoms with Crippen molar-refractivity contribution in [1.82, 2.24) is 0 Å². The van der Waals surface area contributed by atoms with Gasteiger partial charge in [0.2, 0.25) is 0 Å². The molecule has 2 saturated carbocycles. The van der Waals surface area contributed by atoms with Gasteiger partial charge in [0.25, 0.3) is 5.91 Å². The molecule has 2 aliphatic rings. The standard InChI is InChI=1S/C22H22BrClFNO4S/c1-22(28)13-3-4-14(22)10-16(9-13)31(29,30)20-8-12(2-6-18(20)24)21(27)26-15-5-7-19(25)17(23)11-15/h2,5-8,11,13-14,16,28H,3-4,9-10H2,1H3,(H,26,27)/t13-,14?,16?,22?/m1/s1. The molecule has 0 saturated heterocycles. The molecule has 2 aromatic carbocycles. The van der Waals surface area contributed by atoms with Gasteiger partial charge >= 0.3 is 0 Å². The number of benzene rings is 2. The lowest BCUT2D eigenvalue weighted by Crippen LogP contribution is -2.45. The maximum Gasteiger partial charge on any atom is 0.255 e. The fourth-order valence-corrected chi connectivity index (χ4v) is 7.62. The van der Waals surface area contributed by atoms with Crippen molar-refractivity contribution in [2.45, 2.75) is 48.4 Å². The molecule has 9 heteroatoms. The zero-order valence-corrected chi connectivity index (χ0v) is 19.9. The molecule has 0 heterocycles. The minimum Gasteiger partial charge on any atom is -0.390 e. The van der Waals surface area contributed by atoms with E-state index in [0.717, 1.165) is 12.8 Å². The van der Waals surface area contributed by atoms with Crippen LogP contribution in [0.3, 0.4) is 0 Å². The van der Waals surface area contributed by atoms with E-state index in [4.69, 9.17) is 11.6 Å². The van der Waals surface area contributed by atoms with E-state index >= 15 is 0 Å². The third-order valence-electron chi connectivity index (χ3n) is 6.73. The van der Waals surface area contributed by atoms with Crippen molar-refractivity contribution < 1.29 is 22.7 Å². The first kappa shape index (κ1) is 22.7. The lowest BCUT2D eigenvalue weighted by Gasteiger charge is -2.40. The Labute approximate surface area is 194 Å². The quantitative estimate of drug-likeness (QED) is 0.569. The number of hydrogen-bond acceptors (Lipinski definition) is 4. The Morgan fingerprint density at radius 2 is 1.84 bits per heavy atom. The van der Waals surface area contributed by atoms with Crippen LogP contribution in [-0.4, -0.2) is 30.3 Å². The van der Waals surface area contributed by atoms with Crippen LogP contribution in [0.2, 0.25) is 5.02 Å². The van der Waals surface area contributed by atoms with Crippen molar-refractivity contribution in [3.63, 3.8) is 0 Å². The van der Waals surface area contributed by atoms with Gasteiger partial charge in [-0.2, -0.15) is 0 Å². The van der Waals surface area contributed by atoms with E-state index in [2.05, 4.69) is 21.2 Å². The highest BCUT2D eigenvalue weighted by molar-refractivity contribution is 9.10. The molecule has 2 aromatic rings. The molecule has 0 aliphatic heterocycles. The largest absolute Gasteiger partial charge is 0.390 e. The Morgan fingerprint density at radius 1 is 1.19 bits per heavy atom. The molecule has 2 bridgehead atoms. The van der Waals surface area contributed by atoms with Crippen LogP contribution < -0.4 is 5.32 Å². The van der Waals surface area contributed by atoms with Crippen LogP contribution in [0, 0.1) is 17.7 Å². The summed E-state index contributed by atoms with van der Waals surface area (Å²) < 4.78 is 40.4. The number of rotatable bonds is 4. The molecule has 166 valence electrons. The van der Waals surface area contributed by atoms with Crippen molar-refractivity contribution in [3.05, 3.63) is 57.3 Å². The van der Waals surface area contributed by atoms with E-state index in [1.807, 2.05) is 0 Å². The number of carbonyl (C=O) groups excluding carboxylic acids is 1. The fraction of sp³-hybridized carbons (Fsp3) is 0.409. The fourth-order valence-electron chi connectivity index (χ4n) is 4.84. The highest BCUT2D eigenvalue weighted by Crippen LogP contribution is 2.51. The first-order chi connectivity index (χ1) is 14.5. The van der Waals surface area contributed by atoms with E-state index in [0.29, 0.717) is 18.5 Å². The molecule has 4 atom stereocenters. The smallest absolute Gasteiger partial charge is 0.255 e. The number of fused-ring (bicyclic) bond motifs is 2. The highest BCUT2D eigenvalue weighted by atomic mass is 79.9. The zero-order chi connectivity index (χ0) is 22.6. The molecule has 5 nitrogen and oxygen atoms in total. The van der Waals surface area contributed by atoms with E-state index in [1.165, 1.54) is 36.4 Å². The van der Waals surface area contributed by atoms with Crippen molar-refractivity contribution >= 4 is 49.0 Å². The molecule has 2 aliphatic carbocycles. The van der Waals surface area contributed by atoms with Crippen LogP contribution in [0.25, 0.3) is 0 Å². The summed E-state index contributed by atoms with van der Waals surface area (Å²) in [7, 11) is -3.79. The average molecular weight is 531 g/mol. The monoisotopic (exact) mass is 529 g/mol. The van der Waals surface area contributed by atoms with Crippen molar-refractivity contribution in [2.75, 3.05) is 5.32 Å². The summed E-state index contributed by atoms with van der Waals surface area (Å²) in [5, 5.41) is 12.7.